The van der Waals surface area contributed by atoms with Gasteiger partial charge in [0.1, 0.15) is 11.8 Å². The van der Waals surface area contributed by atoms with Gasteiger partial charge in [-0.1, -0.05) is 44.0 Å². The van der Waals surface area contributed by atoms with Crippen LogP contribution in [0, 0.1) is 12.8 Å². The molecule has 0 bridgehead atoms. The fraction of sp³-hybridized carbons (Fsp3) is 0.440. The third-order valence-corrected chi connectivity index (χ3v) is 5.79. The van der Waals surface area contributed by atoms with Gasteiger partial charge in [-0.05, 0) is 56.0 Å². The van der Waals surface area contributed by atoms with Gasteiger partial charge in [-0.3, -0.25) is 9.59 Å². The van der Waals surface area contributed by atoms with E-state index >= 15 is 0 Å². The van der Waals surface area contributed by atoms with Crippen LogP contribution in [0.2, 0.25) is 0 Å². The number of anilines is 2. The first-order chi connectivity index (χ1) is 15.0. The molecule has 0 aromatic heterocycles. The molecule has 1 saturated heterocycles. The van der Waals surface area contributed by atoms with Crippen LogP contribution in [0.5, 0.6) is 5.75 Å². The van der Waals surface area contributed by atoms with Crippen LogP contribution < -0.4 is 20.3 Å². The third kappa shape index (κ3) is 6.48. The Morgan fingerprint density at radius 2 is 1.81 bits per heavy atom. The van der Waals surface area contributed by atoms with E-state index in [2.05, 4.69) is 21.6 Å². The molecule has 2 aromatic rings. The number of nitrogens with zero attached hydrogens (tertiary/aromatic N) is 1. The van der Waals surface area contributed by atoms with Crippen molar-refractivity contribution >= 4 is 23.2 Å². The normalized spacial score (nSPS) is 15.3. The molecule has 0 spiro atoms. The summed E-state index contributed by atoms with van der Waals surface area (Å²) >= 11 is 0. The molecule has 6 nitrogen and oxygen atoms in total. The predicted octanol–water partition coefficient (Wildman–Crippen LogP) is 4.14. The number of nitrogens with one attached hydrogen (secondary N) is 2. The number of hydrogen-bond donors (Lipinski definition) is 2. The maximum atomic E-state index is 13.0. The molecule has 31 heavy (non-hydrogen) atoms. The molecule has 0 aliphatic carbocycles. The number of amides is 2. The highest BCUT2D eigenvalue weighted by Gasteiger charge is 2.26. The maximum absolute atomic E-state index is 13.0. The molecule has 0 saturated carbocycles. The van der Waals surface area contributed by atoms with E-state index in [0.717, 1.165) is 36.4 Å². The van der Waals surface area contributed by atoms with Crippen molar-refractivity contribution in [2.45, 2.75) is 46.1 Å². The minimum atomic E-state index is -0.630. The maximum Gasteiger partial charge on any atom is 0.258 e. The third-order valence-electron chi connectivity index (χ3n) is 5.79. The van der Waals surface area contributed by atoms with Crippen molar-refractivity contribution < 1.29 is 14.3 Å². The van der Waals surface area contributed by atoms with Crippen LogP contribution in [-0.4, -0.2) is 37.6 Å². The van der Waals surface area contributed by atoms with Gasteiger partial charge in [0.15, 0.2) is 6.61 Å². The number of ether oxygens (including phenoxy) is 1. The summed E-state index contributed by atoms with van der Waals surface area (Å²) < 4.78 is 5.56. The Kier molecular flexibility index (Phi) is 7.93. The Labute approximate surface area is 185 Å². The monoisotopic (exact) mass is 423 g/mol. The molecule has 6 heteroatoms. The van der Waals surface area contributed by atoms with Gasteiger partial charge in [-0.2, -0.15) is 0 Å². The lowest BCUT2D eigenvalue weighted by atomic mass is 9.98. The summed E-state index contributed by atoms with van der Waals surface area (Å²) in [6.07, 6.45) is 3.16. The molecule has 3 rings (SSSR count). The van der Waals surface area contributed by atoms with E-state index in [0.29, 0.717) is 5.75 Å². The SMILES string of the molecule is CC[C@H](C)[C@H](NC(=O)COc1ccc(C)cc1)C(=O)Nc1cccc(N2CCCC2)c1. The molecular formula is C25H33N3O3. The molecular weight excluding hydrogens is 390 g/mol. The van der Waals surface area contributed by atoms with Crippen LogP contribution >= 0.6 is 0 Å². The smallest absolute Gasteiger partial charge is 0.258 e. The summed E-state index contributed by atoms with van der Waals surface area (Å²) in [5.41, 5.74) is 2.98. The number of benzene rings is 2. The molecule has 0 unspecified atom stereocenters. The van der Waals surface area contributed by atoms with Crippen molar-refractivity contribution in [2.24, 2.45) is 5.92 Å². The van der Waals surface area contributed by atoms with Crippen molar-refractivity contribution in [2.75, 3.05) is 29.9 Å². The summed E-state index contributed by atoms with van der Waals surface area (Å²) in [5.74, 6) is 0.0950. The van der Waals surface area contributed by atoms with Crippen molar-refractivity contribution in [1.82, 2.24) is 5.32 Å². The molecule has 2 atom stereocenters. The molecule has 166 valence electrons. The first kappa shape index (κ1) is 22.7. The Hall–Kier alpha value is -3.02. The lowest BCUT2D eigenvalue weighted by molar-refractivity contribution is -0.128. The van der Waals surface area contributed by atoms with E-state index in [1.54, 1.807) is 0 Å². The second-order valence-corrected chi connectivity index (χ2v) is 8.27. The first-order valence-electron chi connectivity index (χ1n) is 11.1. The zero-order chi connectivity index (χ0) is 22.2. The Morgan fingerprint density at radius 1 is 1.10 bits per heavy atom. The fourth-order valence-electron chi connectivity index (χ4n) is 3.68. The van der Waals surface area contributed by atoms with Crippen LogP contribution in [-0.2, 0) is 9.59 Å². The standard InChI is InChI=1S/C25H33N3O3/c1-4-19(3)24(27-23(29)17-31-22-12-10-18(2)11-13-22)25(30)26-20-8-7-9-21(16-20)28-14-5-6-15-28/h7-13,16,19,24H,4-6,14-15,17H2,1-3H3,(H,26,30)(H,27,29)/t19-,24-/m0/s1. The second-order valence-electron chi connectivity index (χ2n) is 8.27. The van der Waals surface area contributed by atoms with Crippen LogP contribution in [0.15, 0.2) is 48.5 Å². The number of hydrogen-bond acceptors (Lipinski definition) is 4. The molecule has 0 radical (unpaired) electrons. The fourth-order valence-corrected chi connectivity index (χ4v) is 3.68. The minimum Gasteiger partial charge on any atom is -0.484 e. The summed E-state index contributed by atoms with van der Waals surface area (Å²) in [5, 5.41) is 5.84. The Bertz CT molecular complexity index is 876. The summed E-state index contributed by atoms with van der Waals surface area (Å²) in [7, 11) is 0. The van der Waals surface area contributed by atoms with Crippen LogP contribution in [0.3, 0.4) is 0 Å². The molecule has 1 aliphatic rings. The van der Waals surface area contributed by atoms with E-state index in [9.17, 15) is 9.59 Å². The van der Waals surface area contributed by atoms with Crippen LogP contribution in [0.1, 0.15) is 38.7 Å². The van der Waals surface area contributed by atoms with Gasteiger partial charge in [0.2, 0.25) is 5.91 Å². The average Bonchev–Trinajstić information content (AvgIpc) is 3.32. The zero-order valence-corrected chi connectivity index (χ0v) is 18.7. The minimum absolute atomic E-state index is 0.00918. The number of carbonyl (C=O) groups is 2. The molecule has 1 fully saturated rings. The van der Waals surface area contributed by atoms with Crippen molar-refractivity contribution in [1.29, 1.82) is 0 Å². The summed E-state index contributed by atoms with van der Waals surface area (Å²) in [6.45, 7) is 7.92. The van der Waals surface area contributed by atoms with Gasteiger partial charge in [0.25, 0.3) is 5.91 Å². The average molecular weight is 424 g/mol. The first-order valence-corrected chi connectivity index (χ1v) is 11.1. The number of rotatable bonds is 9. The highest BCUT2D eigenvalue weighted by Crippen LogP contribution is 2.24. The lowest BCUT2D eigenvalue weighted by Gasteiger charge is -2.24. The molecule has 1 aliphatic heterocycles. The molecule has 1 heterocycles. The van der Waals surface area contributed by atoms with Crippen molar-refractivity contribution in [3.05, 3.63) is 54.1 Å². The van der Waals surface area contributed by atoms with E-state index in [1.165, 1.54) is 12.8 Å². The predicted molar refractivity (Wildman–Crippen MR) is 125 cm³/mol. The molecule has 2 amide bonds. The van der Waals surface area contributed by atoms with Crippen LogP contribution in [0.4, 0.5) is 11.4 Å². The second kappa shape index (κ2) is 10.8. The Balaban J connectivity index is 1.60. The van der Waals surface area contributed by atoms with Gasteiger partial charge in [0.05, 0.1) is 0 Å². The van der Waals surface area contributed by atoms with Gasteiger partial charge in [-0.15, -0.1) is 0 Å². The number of aryl methyl sites for hydroxylation is 1. The van der Waals surface area contributed by atoms with Gasteiger partial charge < -0.3 is 20.3 Å². The highest BCUT2D eigenvalue weighted by molar-refractivity contribution is 5.97. The highest BCUT2D eigenvalue weighted by atomic mass is 16.5. The van der Waals surface area contributed by atoms with E-state index in [1.807, 2.05) is 63.2 Å². The number of carbonyl (C=O) groups excluding carboxylic acids is 2. The van der Waals surface area contributed by atoms with E-state index in [-0.39, 0.29) is 24.3 Å². The molecule has 2 aromatic carbocycles. The summed E-state index contributed by atoms with van der Waals surface area (Å²) in [6, 6.07) is 14.8. The largest absolute Gasteiger partial charge is 0.484 e. The van der Waals surface area contributed by atoms with Gasteiger partial charge in [0, 0.05) is 24.5 Å². The van der Waals surface area contributed by atoms with Crippen LogP contribution in [0.25, 0.3) is 0 Å². The van der Waals surface area contributed by atoms with E-state index in [4.69, 9.17) is 4.74 Å². The molecule has 2 N–H and O–H groups in total. The topological polar surface area (TPSA) is 70.7 Å². The van der Waals surface area contributed by atoms with Crippen molar-refractivity contribution in [3.8, 4) is 5.75 Å². The van der Waals surface area contributed by atoms with Crippen molar-refractivity contribution in [3.63, 3.8) is 0 Å². The Morgan fingerprint density at radius 3 is 2.48 bits per heavy atom. The van der Waals surface area contributed by atoms with Gasteiger partial charge in [-0.25, -0.2) is 0 Å². The zero-order valence-electron chi connectivity index (χ0n) is 18.7. The lowest BCUT2D eigenvalue weighted by Crippen LogP contribution is -2.49. The van der Waals surface area contributed by atoms with Gasteiger partial charge >= 0.3 is 0 Å². The quantitative estimate of drug-likeness (QED) is 0.636. The van der Waals surface area contributed by atoms with E-state index < -0.39 is 6.04 Å². The summed E-state index contributed by atoms with van der Waals surface area (Å²) in [4.78, 5) is 27.8.